The number of hydrogen-bond acceptors (Lipinski definition) is 4. The molecule has 0 saturated heterocycles. The van der Waals surface area contributed by atoms with Crippen LogP contribution in [0.4, 0.5) is 5.82 Å². The van der Waals surface area contributed by atoms with E-state index in [1.54, 1.807) is 10.9 Å². The summed E-state index contributed by atoms with van der Waals surface area (Å²) in [5.41, 5.74) is 5.77. The first kappa shape index (κ1) is 8.06. The Morgan fingerprint density at radius 2 is 2.62 bits per heavy atom. The second-order valence-corrected chi connectivity index (χ2v) is 3.04. The molecule has 70 valence electrons. The van der Waals surface area contributed by atoms with Gasteiger partial charge >= 0.3 is 0 Å². The number of nitrogens with one attached hydrogen (secondary N) is 2. The summed E-state index contributed by atoms with van der Waals surface area (Å²) in [4.78, 5) is 3.97. The molecule has 2 heterocycles. The number of nitrogens with two attached hydrogens (primary N) is 1. The van der Waals surface area contributed by atoms with E-state index in [1.165, 1.54) is 0 Å². The lowest BCUT2D eigenvalue weighted by Gasteiger charge is -2.21. The van der Waals surface area contributed by atoms with Crippen LogP contribution in [0.1, 0.15) is 5.69 Å². The maximum atomic E-state index is 9.31. The highest BCUT2D eigenvalue weighted by Gasteiger charge is 2.20. The molecule has 13 heavy (non-hydrogen) atoms. The van der Waals surface area contributed by atoms with E-state index in [4.69, 9.17) is 11.1 Å². The van der Waals surface area contributed by atoms with Crippen LogP contribution in [-0.4, -0.2) is 33.1 Å². The molecule has 0 aromatic carbocycles. The van der Waals surface area contributed by atoms with Crippen molar-refractivity contribution in [2.24, 2.45) is 5.73 Å². The molecule has 1 aromatic heterocycles. The number of aliphatic hydroxyl groups excluding tert-OH is 1. The van der Waals surface area contributed by atoms with E-state index in [0.29, 0.717) is 18.8 Å². The third-order valence-electron chi connectivity index (χ3n) is 2.01. The summed E-state index contributed by atoms with van der Waals surface area (Å²) in [5, 5.41) is 19.5. The summed E-state index contributed by atoms with van der Waals surface area (Å²) in [5.74, 6) is 0.662. The fourth-order valence-corrected chi connectivity index (χ4v) is 1.41. The highest BCUT2D eigenvalue weighted by Crippen LogP contribution is 2.17. The van der Waals surface area contributed by atoms with Crippen molar-refractivity contribution in [2.75, 3.05) is 11.9 Å². The Kier molecular flexibility index (Phi) is 1.70. The van der Waals surface area contributed by atoms with Gasteiger partial charge in [-0.2, -0.15) is 0 Å². The quantitative estimate of drug-likeness (QED) is 0.328. The molecule has 2 rings (SSSR count). The predicted molar refractivity (Wildman–Crippen MR) is 47.7 cm³/mol. The lowest BCUT2D eigenvalue weighted by Crippen LogP contribution is -2.32. The average molecular weight is 181 g/mol. The summed E-state index contributed by atoms with van der Waals surface area (Å²) in [6.45, 7) is 0.981. The highest BCUT2D eigenvalue weighted by molar-refractivity contribution is 5.97. The number of rotatable bonds is 1. The number of nitrogen functional groups attached to an aromatic ring is 1. The maximum absolute atomic E-state index is 9.31. The van der Waals surface area contributed by atoms with Gasteiger partial charge < -0.3 is 20.7 Å². The third-order valence-corrected chi connectivity index (χ3v) is 2.01. The summed E-state index contributed by atoms with van der Waals surface area (Å²) in [6, 6.07) is 0. The van der Waals surface area contributed by atoms with Gasteiger partial charge in [0.2, 0.25) is 0 Å². The standard InChI is InChI=1S/C7H11N5O/c8-6(9)5-7-10-1-4(13)2-12(7)3-11-5/h3-4,10,13H,1-2H2,(H3,8,9). The normalized spacial score (nSPS) is 20.5. The van der Waals surface area contributed by atoms with Gasteiger partial charge in [-0.25, -0.2) is 4.98 Å². The molecule has 0 aliphatic carbocycles. The summed E-state index contributed by atoms with van der Waals surface area (Å²) in [6.07, 6.45) is 1.17. The van der Waals surface area contributed by atoms with Crippen molar-refractivity contribution in [1.29, 1.82) is 5.41 Å². The van der Waals surface area contributed by atoms with Crippen molar-refractivity contribution < 1.29 is 5.11 Å². The molecule has 1 atom stereocenters. The molecule has 0 fully saturated rings. The van der Waals surface area contributed by atoms with Gasteiger partial charge in [0.25, 0.3) is 0 Å². The van der Waals surface area contributed by atoms with Crippen LogP contribution in [0.15, 0.2) is 6.33 Å². The van der Waals surface area contributed by atoms with Crippen molar-refractivity contribution >= 4 is 11.7 Å². The Hall–Kier alpha value is -1.56. The number of amidine groups is 1. The molecule has 0 bridgehead atoms. The Balaban J connectivity index is 2.39. The van der Waals surface area contributed by atoms with E-state index in [2.05, 4.69) is 10.3 Å². The number of aromatic nitrogens is 2. The Labute approximate surface area is 74.9 Å². The first-order valence-electron chi connectivity index (χ1n) is 4.00. The summed E-state index contributed by atoms with van der Waals surface area (Å²) in [7, 11) is 0. The molecule has 5 N–H and O–H groups in total. The van der Waals surface area contributed by atoms with Gasteiger partial charge in [-0.15, -0.1) is 0 Å². The number of anilines is 1. The second-order valence-electron chi connectivity index (χ2n) is 3.04. The Bertz CT molecular complexity index is 345. The van der Waals surface area contributed by atoms with E-state index in [0.717, 1.165) is 5.82 Å². The van der Waals surface area contributed by atoms with Crippen LogP contribution in [0.5, 0.6) is 0 Å². The molecule has 0 amide bonds. The van der Waals surface area contributed by atoms with E-state index in [1.807, 2.05) is 0 Å². The van der Waals surface area contributed by atoms with Gasteiger partial charge in [0.15, 0.2) is 0 Å². The minimum atomic E-state index is -0.401. The SMILES string of the molecule is N=C(N)c1ncn2c1NCC(O)C2. The zero-order valence-electron chi connectivity index (χ0n) is 6.99. The first-order valence-corrected chi connectivity index (χ1v) is 4.00. The molecular formula is C7H11N5O. The van der Waals surface area contributed by atoms with Gasteiger partial charge in [-0.05, 0) is 0 Å². The molecule has 6 heteroatoms. The van der Waals surface area contributed by atoms with Gasteiger partial charge in [-0.1, -0.05) is 0 Å². The monoisotopic (exact) mass is 181 g/mol. The van der Waals surface area contributed by atoms with Crippen molar-refractivity contribution in [3.8, 4) is 0 Å². The number of imidazole rings is 1. The predicted octanol–water partition coefficient (Wildman–Crippen LogP) is -1.05. The lowest BCUT2D eigenvalue weighted by atomic mass is 10.3. The van der Waals surface area contributed by atoms with Crippen molar-refractivity contribution in [3.63, 3.8) is 0 Å². The average Bonchev–Trinajstić information content (AvgIpc) is 2.46. The zero-order valence-corrected chi connectivity index (χ0v) is 6.99. The maximum Gasteiger partial charge on any atom is 0.147 e. The van der Waals surface area contributed by atoms with Crippen LogP contribution < -0.4 is 11.1 Å². The molecule has 0 radical (unpaired) electrons. The second kappa shape index (κ2) is 2.74. The van der Waals surface area contributed by atoms with Crippen molar-refractivity contribution in [3.05, 3.63) is 12.0 Å². The first-order chi connectivity index (χ1) is 6.18. The number of aliphatic hydroxyl groups is 1. The number of fused-ring (bicyclic) bond motifs is 1. The van der Waals surface area contributed by atoms with E-state index in [-0.39, 0.29) is 5.84 Å². The third kappa shape index (κ3) is 1.25. The number of β-amino-alcohol motifs (C(OH)–C–C–N with tert-alkyl or cyclic N) is 1. The Morgan fingerprint density at radius 1 is 1.85 bits per heavy atom. The van der Waals surface area contributed by atoms with Crippen LogP contribution in [0.3, 0.4) is 0 Å². The smallest absolute Gasteiger partial charge is 0.147 e. The minimum Gasteiger partial charge on any atom is -0.389 e. The number of nitrogens with zero attached hydrogens (tertiary/aromatic N) is 2. The Morgan fingerprint density at radius 3 is 3.31 bits per heavy atom. The summed E-state index contributed by atoms with van der Waals surface area (Å²) >= 11 is 0. The number of hydrogen-bond donors (Lipinski definition) is 4. The van der Waals surface area contributed by atoms with Crippen molar-refractivity contribution in [2.45, 2.75) is 12.6 Å². The summed E-state index contributed by atoms with van der Waals surface area (Å²) < 4.78 is 1.75. The molecule has 0 saturated carbocycles. The van der Waals surface area contributed by atoms with Crippen molar-refractivity contribution in [1.82, 2.24) is 9.55 Å². The molecule has 1 aliphatic heterocycles. The molecule has 1 aromatic rings. The minimum absolute atomic E-state index is 0.0577. The van der Waals surface area contributed by atoms with Gasteiger partial charge in [0.1, 0.15) is 17.3 Å². The van der Waals surface area contributed by atoms with Gasteiger partial charge in [0.05, 0.1) is 19.0 Å². The van der Waals surface area contributed by atoms with Crippen LogP contribution >= 0.6 is 0 Å². The zero-order chi connectivity index (χ0) is 9.42. The van der Waals surface area contributed by atoms with Crippen LogP contribution in [0, 0.1) is 5.41 Å². The molecular weight excluding hydrogens is 170 g/mol. The van der Waals surface area contributed by atoms with Crippen LogP contribution in [-0.2, 0) is 6.54 Å². The fourth-order valence-electron chi connectivity index (χ4n) is 1.41. The molecule has 1 unspecified atom stereocenters. The topological polar surface area (TPSA) is 100.0 Å². The largest absolute Gasteiger partial charge is 0.389 e. The molecule has 1 aliphatic rings. The lowest BCUT2D eigenvalue weighted by molar-refractivity contribution is 0.160. The van der Waals surface area contributed by atoms with E-state index < -0.39 is 6.10 Å². The van der Waals surface area contributed by atoms with Gasteiger partial charge in [0, 0.05) is 6.54 Å². The van der Waals surface area contributed by atoms with Crippen LogP contribution in [0.2, 0.25) is 0 Å². The van der Waals surface area contributed by atoms with Crippen LogP contribution in [0.25, 0.3) is 0 Å². The van der Waals surface area contributed by atoms with E-state index >= 15 is 0 Å². The molecule has 0 spiro atoms. The van der Waals surface area contributed by atoms with E-state index in [9.17, 15) is 5.11 Å². The molecule has 6 nitrogen and oxygen atoms in total. The van der Waals surface area contributed by atoms with Gasteiger partial charge in [-0.3, -0.25) is 5.41 Å². The highest BCUT2D eigenvalue weighted by atomic mass is 16.3. The fraction of sp³-hybridized carbons (Fsp3) is 0.429.